The summed E-state index contributed by atoms with van der Waals surface area (Å²) in [4.78, 5) is 33.9. The molecule has 1 aliphatic heterocycles. The van der Waals surface area contributed by atoms with E-state index >= 15 is 0 Å². The molecule has 1 aromatic heterocycles. The average molecular weight is 483 g/mol. The highest BCUT2D eigenvalue weighted by Gasteiger charge is 2.33. The molecule has 34 heavy (non-hydrogen) atoms. The van der Waals surface area contributed by atoms with Crippen LogP contribution < -0.4 is 0 Å². The van der Waals surface area contributed by atoms with Crippen LogP contribution in [-0.4, -0.2) is 58.6 Å². The third kappa shape index (κ3) is 5.81. The number of rotatable bonds is 8. The van der Waals surface area contributed by atoms with Gasteiger partial charge in [-0.3, -0.25) is 9.59 Å². The number of piperidine rings is 1. The maximum atomic E-state index is 13.4. The first-order chi connectivity index (χ1) is 16.5. The van der Waals surface area contributed by atoms with E-state index in [1.165, 1.54) is 12.0 Å². The molecule has 1 saturated heterocycles. The Kier molecular flexibility index (Phi) is 7.92. The van der Waals surface area contributed by atoms with E-state index in [4.69, 9.17) is 20.9 Å². The summed E-state index contributed by atoms with van der Waals surface area (Å²) in [6.07, 6.45) is 2.55. The predicted octanol–water partition coefficient (Wildman–Crippen LogP) is 4.12. The van der Waals surface area contributed by atoms with Gasteiger partial charge in [-0.2, -0.15) is 4.98 Å². The number of methoxy groups -OCH3 is 1. The third-order valence-corrected chi connectivity index (χ3v) is 6.07. The quantitative estimate of drug-likeness (QED) is 0.480. The van der Waals surface area contributed by atoms with Crippen molar-refractivity contribution in [3.05, 3.63) is 71.1 Å². The van der Waals surface area contributed by atoms with E-state index in [0.717, 1.165) is 30.4 Å². The van der Waals surface area contributed by atoms with Crippen LogP contribution in [0.2, 0.25) is 5.02 Å². The van der Waals surface area contributed by atoms with E-state index in [1.807, 2.05) is 42.5 Å². The van der Waals surface area contributed by atoms with Crippen molar-refractivity contribution < 1.29 is 18.8 Å². The normalized spacial score (nSPS) is 15.8. The molecule has 0 aliphatic carbocycles. The molecule has 4 rings (SSSR count). The molecule has 2 amide bonds. The molecule has 1 fully saturated rings. The van der Waals surface area contributed by atoms with Crippen molar-refractivity contribution in [2.24, 2.45) is 0 Å². The van der Waals surface area contributed by atoms with Crippen LogP contribution in [-0.2, 0) is 20.9 Å². The lowest BCUT2D eigenvalue weighted by molar-refractivity contribution is -0.145. The summed E-state index contributed by atoms with van der Waals surface area (Å²) < 4.78 is 10.6. The van der Waals surface area contributed by atoms with Gasteiger partial charge in [0.2, 0.25) is 23.5 Å². The monoisotopic (exact) mass is 482 g/mol. The second-order valence-corrected chi connectivity index (χ2v) is 8.67. The Labute approximate surface area is 203 Å². The maximum Gasteiger partial charge on any atom is 0.249 e. The molecule has 0 saturated carbocycles. The molecule has 3 aromatic rings. The number of aromatic nitrogens is 2. The number of hydrogen-bond acceptors (Lipinski definition) is 6. The fraction of sp³-hybridized carbons (Fsp3) is 0.360. The number of benzene rings is 2. The summed E-state index contributed by atoms with van der Waals surface area (Å²) in [5.41, 5.74) is 1.73. The van der Waals surface area contributed by atoms with Gasteiger partial charge in [-0.05, 0) is 49.1 Å². The Morgan fingerprint density at radius 3 is 2.65 bits per heavy atom. The van der Waals surface area contributed by atoms with Gasteiger partial charge in [-0.1, -0.05) is 47.1 Å². The second kappa shape index (κ2) is 11.3. The van der Waals surface area contributed by atoms with Gasteiger partial charge in [0, 0.05) is 30.8 Å². The van der Waals surface area contributed by atoms with Crippen LogP contribution in [0.15, 0.2) is 59.1 Å². The molecule has 9 heteroatoms. The molecule has 2 aromatic carbocycles. The number of hydrogen-bond donors (Lipinski definition) is 0. The van der Waals surface area contributed by atoms with Crippen molar-refractivity contribution in [2.45, 2.75) is 31.8 Å². The van der Waals surface area contributed by atoms with Gasteiger partial charge in [0.15, 0.2) is 0 Å². The summed E-state index contributed by atoms with van der Waals surface area (Å²) >= 11 is 5.97. The average Bonchev–Trinajstić information content (AvgIpc) is 3.35. The Morgan fingerprint density at radius 1 is 1.15 bits per heavy atom. The Morgan fingerprint density at radius 2 is 1.91 bits per heavy atom. The van der Waals surface area contributed by atoms with Crippen LogP contribution in [0.25, 0.3) is 11.4 Å². The topological polar surface area (TPSA) is 88.8 Å². The molecule has 178 valence electrons. The Bertz CT molecular complexity index is 1100. The van der Waals surface area contributed by atoms with Crippen LogP contribution in [0.4, 0.5) is 0 Å². The molecule has 0 N–H and O–H groups in total. The van der Waals surface area contributed by atoms with Gasteiger partial charge < -0.3 is 19.1 Å². The molecule has 8 nitrogen and oxygen atoms in total. The lowest BCUT2D eigenvalue weighted by atomic mass is 10.0. The van der Waals surface area contributed by atoms with E-state index in [0.29, 0.717) is 29.8 Å². The summed E-state index contributed by atoms with van der Waals surface area (Å²) in [6.45, 7) is 0.762. The molecule has 1 unspecified atom stereocenters. The predicted molar refractivity (Wildman–Crippen MR) is 127 cm³/mol. The van der Waals surface area contributed by atoms with Crippen LogP contribution in [0.3, 0.4) is 0 Å². The number of carbonyl (C=O) groups excluding carboxylic acids is 2. The van der Waals surface area contributed by atoms with Crippen molar-refractivity contribution in [3.8, 4) is 11.4 Å². The highest BCUT2D eigenvalue weighted by molar-refractivity contribution is 6.30. The molecule has 1 aliphatic rings. The maximum absolute atomic E-state index is 13.4. The standard InChI is InChI=1S/C25H27ClN4O4/c1-33-17-23(32)29(15-18-7-3-2-4-8-18)16-22(31)30-14-6-5-9-21(30)25-27-24(28-34-25)19-10-12-20(26)13-11-19/h2-4,7-8,10-13,21H,5-6,9,14-17H2,1H3. The van der Waals surface area contributed by atoms with Crippen LogP contribution in [0.1, 0.15) is 36.8 Å². The minimum atomic E-state index is -0.328. The summed E-state index contributed by atoms with van der Waals surface area (Å²) in [5.74, 6) is 0.453. The van der Waals surface area contributed by atoms with Gasteiger partial charge in [-0.25, -0.2) is 0 Å². The fourth-order valence-electron chi connectivity index (χ4n) is 4.08. The molecule has 0 spiro atoms. The number of likely N-dealkylation sites (tertiary alicyclic amines) is 1. The number of ether oxygens (including phenoxy) is 1. The summed E-state index contributed by atoms with van der Waals surface area (Å²) in [6, 6.07) is 16.4. The minimum absolute atomic E-state index is 0.0498. The van der Waals surface area contributed by atoms with Crippen LogP contribution >= 0.6 is 11.6 Å². The van der Waals surface area contributed by atoms with Crippen molar-refractivity contribution >= 4 is 23.4 Å². The first-order valence-corrected chi connectivity index (χ1v) is 11.6. The highest BCUT2D eigenvalue weighted by atomic mass is 35.5. The van der Waals surface area contributed by atoms with Gasteiger partial charge in [-0.15, -0.1) is 0 Å². The van der Waals surface area contributed by atoms with Crippen molar-refractivity contribution in [1.82, 2.24) is 19.9 Å². The van der Waals surface area contributed by atoms with Gasteiger partial charge in [0.1, 0.15) is 19.2 Å². The lowest BCUT2D eigenvalue weighted by Crippen LogP contribution is -2.46. The van der Waals surface area contributed by atoms with Crippen molar-refractivity contribution in [3.63, 3.8) is 0 Å². The van der Waals surface area contributed by atoms with Crippen LogP contribution in [0.5, 0.6) is 0 Å². The van der Waals surface area contributed by atoms with E-state index in [2.05, 4.69) is 10.1 Å². The first-order valence-electron chi connectivity index (χ1n) is 11.2. The summed E-state index contributed by atoms with van der Waals surface area (Å²) in [5, 5.41) is 4.73. The number of nitrogens with zero attached hydrogens (tertiary/aromatic N) is 4. The Balaban J connectivity index is 1.51. The molecule has 2 heterocycles. The Hall–Kier alpha value is -3.23. The molecule has 1 atom stereocenters. The minimum Gasteiger partial charge on any atom is -0.375 e. The number of halogens is 1. The van der Waals surface area contributed by atoms with Gasteiger partial charge in [0.25, 0.3) is 0 Å². The van der Waals surface area contributed by atoms with Gasteiger partial charge in [0.05, 0.1) is 0 Å². The zero-order chi connectivity index (χ0) is 23.9. The molecular weight excluding hydrogens is 456 g/mol. The van der Waals surface area contributed by atoms with Gasteiger partial charge >= 0.3 is 0 Å². The van der Waals surface area contributed by atoms with E-state index < -0.39 is 0 Å². The highest BCUT2D eigenvalue weighted by Crippen LogP contribution is 2.31. The van der Waals surface area contributed by atoms with E-state index in [9.17, 15) is 9.59 Å². The van der Waals surface area contributed by atoms with Crippen molar-refractivity contribution in [1.29, 1.82) is 0 Å². The molecular formula is C25H27ClN4O4. The number of amides is 2. The summed E-state index contributed by atoms with van der Waals surface area (Å²) in [7, 11) is 1.47. The smallest absolute Gasteiger partial charge is 0.249 e. The first kappa shape index (κ1) is 23.9. The third-order valence-electron chi connectivity index (χ3n) is 5.82. The zero-order valence-electron chi connectivity index (χ0n) is 19.0. The largest absolute Gasteiger partial charge is 0.375 e. The fourth-order valence-corrected chi connectivity index (χ4v) is 4.20. The second-order valence-electron chi connectivity index (χ2n) is 8.23. The lowest BCUT2D eigenvalue weighted by Gasteiger charge is -2.35. The van der Waals surface area contributed by atoms with Crippen molar-refractivity contribution in [2.75, 3.05) is 26.8 Å². The zero-order valence-corrected chi connectivity index (χ0v) is 19.8. The van der Waals surface area contributed by atoms with E-state index in [1.54, 1.807) is 17.0 Å². The van der Waals surface area contributed by atoms with Crippen LogP contribution in [0, 0.1) is 0 Å². The number of carbonyl (C=O) groups is 2. The molecule has 0 bridgehead atoms. The van der Waals surface area contributed by atoms with E-state index in [-0.39, 0.29) is 31.0 Å². The molecule has 0 radical (unpaired) electrons. The SMILES string of the molecule is COCC(=O)N(CC(=O)N1CCCCC1c1nc(-c2ccc(Cl)cc2)no1)Cc1ccccc1.